The number of rotatable bonds is 3. The van der Waals surface area contributed by atoms with E-state index in [-0.39, 0.29) is 0 Å². The Bertz CT molecular complexity index is 394. The van der Waals surface area contributed by atoms with Gasteiger partial charge in [0.05, 0.1) is 5.71 Å². The van der Waals surface area contributed by atoms with E-state index in [4.69, 9.17) is 4.84 Å². The van der Waals surface area contributed by atoms with Gasteiger partial charge in [-0.3, -0.25) is 4.90 Å². The molecule has 3 fully saturated rings. The van der Waals surface area contributed by atoms with E-state index in [0.29, 0.717) is 12.5 Å². The van der Waals surface area contributed by atoms with Gasteiger partial charge in [0, 0.05) is 12.5 Å². The molecule has 3 aliphatic heterocycles. The molecule has 0 atom stereocenters. The monoisotopic (exact) mass is 230 g/mol. The molecule has 1 aromatic carbocycles. The van der Waals surface area contributed by atoms with E-state index in [9.17, 15) is 0 Å². The summed E-state index contributed by atoms with van der Waals surface area (Å²) in [5.41, 5.74) is 2.43. The van der Waals surface area contributed by atoms with E-state index in [1.165, 1.54) is 37.2 Å². The largest absolute Gasteiger partial charge is 0.391 e. The molecule has 0 unspecified atom stereocenters. The molecule has 0 saturated carbocycles. The van der Waals surface area contributed by atoms with Crippen molar-refractivity contribution in [1.29, 1.82) is 0 Å². The lowest BCUT2D eigenvalue weighted by Crippen LogP contribution is -2.47. The SMILES string of the molecule is c1ccc(CO/N=C2\CN3CCC2CC3)cc1. The van der Waals surface area contributed by atoms with Gasteiger partial charge < -0.3 is 4.84 Å². The fourth-order valence-electron chi connectivity index (χ4n) is 2.65. The maximum Gasteiger partial charge on any atom is 0.142 e. The highest BCUT2D eigenvalue weighted by Gasteiger charge is 2.31. The Morgan fingerprint density at radius 2 is 1.94 bits per heavy atom. The lowest BCUT2D eigenvalue weighted by Gasteiger charge is -2.39. The van der Waals surface area contributed by atoms with Crippen LogP contribution in [0.4, 0.5) is 0 Å². The summed E-state index contributed by atoms with van der Waals surface area (Å²) in [4.78, 5) is 7.94. The van der Waals surface area contributed by atoms with Gasteiger partial charge in [0.1, 0.15) is 6.61 Å². The van der Waals surface area contributed by atoms with Crippen LogP contribution in [-0.2, 0) is 11.4 Å². The molecule has 3 saturated heterocycles. The fraction of sp³-hybridized carbons (Fsp3) is 0.500. The third-order valence-electron chi connectivity index (χ3n) is 3.70. The molecule has 2 bridgehead atoms. The molecule has 1 aromatic rings. The van der Waals surface area contributed by atoms with Crippen LogP contribution in [0.1, 0.15) is 18.4 Å². The standard InChI is InChI=1S/C14H18N2O/c1-2-4-12(5-3-1)11-17-15-14-10-16-8-6-13(14)7-9-16/h1-5,13H,6-11H2/b15-14+. The molecule has 0 spiro atoms. The van der Waals surface area contributed by atoms with Crippen molar-refractivity contribution in [3.05, 3.63) is 35.9 Å². The van der Waals surface area contributed by atoms with Gasteiger partial charge in [0.25, 0.3) is 0 Å². The molecule has 90 valence electrons. The van der Waals surface area contributed by atoms with E-state index >= 15 is 0 Å². The minimum Gasteiger partial charge on any atom is -0.391 e. The van der Waals surface area contributed by atoms with Crippen LogP contribution in [0, 0.1) is 5.92 Å². The molecule has 3 aliphatic rings. The number of fused-ring (bicyclic) bond motifs is 3. The summed E-state index contributed by atoms with van der Waals surface area (Å²) in [5, 5.41) is 4.34. The van der Waals surface area contributed by atoms with Crippen LogP contribution in [0.5, 0.6) is 0 Å². The molecule has 0 radical (unpaired) electrons. The summed E-state index contributed by atoms with van der Waals surface area (Å²) in [7, 11) is 0. The molecular formula is C14H18N2O. The van der Waals surface area contributed by atoms with Gasteiger partial charge in [-0.2, -0.15) is 0 Å². The van der Waals surface area contributed by atoms with Crippen LogP contribution < -0.4 is 0 Å². The van der Waals surface area contributed by atoms with Crippen molar-refractivity contribution in [3.63, 3.8) is 0 Å². The van der Waals surface area contributed by atoms with Crippen molar-refractivity contribution in [3.8, 4) is 0 Å². The lowest BCUT2D eigenvalue weighted by atomic mass is 9.87. The second-order valence-corrected chi connectivity index (χ2v) is 4.89. The molecule has 0 aromatic heterocycles. The number of hydrogen-bond acceptors (Lipinski definition) is 3. The van der Waals surface area contributed by atoms with Crippen LogP contribution in [0.25, 0.3) is 0 Å². The molecular weight excluding hydrogens is 212 g/mol. The predicted octanol–water partition coefficient (Wildman–Crippen LogP) is 2.28. The quantitative estimate of drug-likeness (QED) is 0.744. The zero-order valence-electron chi connectivity index (χ0n) is 10.0. The van der Waals surface area contributed by atoms with Crippen molar-refractivity contribution in [2.24, 2.45) is 11.1 Å². The second kappa shape index (κ2) is 4.88. The Morgan fingerprint density at radius 3 is 2.59 bits per heavy atom. The molecule has 0 amide bonds. The first kappa shape index (κ1) is 10.8. The topological polar surface area (TPSA) is 24.8 Å². The highest BCUT2D eigenvalue weighted by atomic mass is 16.6. The predicted molar refractivity (Wildman–Crippen MR) is 67.8 cm³/mol. The van der Waals surface area contributed by atoms with Crippen molar-refractivity contribution >= 4 is 5.71 Å². The van der Waals surface area contributed by atoms with Gasteiger partial charge in [0.15, 0.2) is 0 Å². The van der Waals surface area contributed by atoms with Crippen molar-refractivity contribution in [1.82, 2.24) is 4.90 Å². The Balaban J connectivity index is 1.57. The summed E-state index contributed by atoms with van der Waals surface area (Å²) < 4.78 is 0. The summed E-state index contributed by atoms with van der Waals surface area (Å²) in [6, 6.07) is 10.2. The number of piperidine rings is 3. The zero-order valence-corrected chi connectivity index (χ0v) is 10.0. The van der Waals surface area contributed by atoms with Crippen LogP contribution in [0.3, 0.4) is 0 Å². The first-order chi connectivity index (χ1) is 8.42. The molecule has 0 N–H and O–H groups in total. The average Bonchev–Trinajstić information content (AvgIpc) is 2.41. The summed E-state index contributed by atoms with van der Waals surface area (Å²) in [6.07, 6.45) is 2.51. The maximum atomic E-state index is 5.47. The minimum absolute atomic E-state index is 0.580. The molecule has 3 heteroatoms. The van der Waals surface area contributed by atoms with Gasteiger partial charge in [-0.25, -0.2) is 0 Å². The smallest absolute Gasteiger partial charge is 0.142 e. The van der Waals surface area contributed by atoms with Gasteiger partial charge in [-0.1, -0.05) is 35.5 Å². The second-order valence-electron chi connectivity index (χ2n) is 4.89. The first-order valence-electron chi connectivity index (χ1n) is 6.37. The van der Waals surface area contributed by atoms with Crippen molar-refractivity contribution in [2.45, 2.75) is 19.4 Å². The van der Waals surface area contributed by atoms with Crippen LogP contribution >= 0.6 is 0 Å². The average molecular weight is 230 g/mol. The molecule has 3 nitrogen and oxygen atoms in total. The van der Waals surface area contributed by atoms with E-state index < -0.39 is 0 Å². The van der Waals surface area contributed by atoms with Gasteiger partial charge in [-0.15, -0.1) is 0 Å². The van der Waals surface area contributed by atoms with Crippen molar-refractivity contribution < 1.29 is 4.84 Å². The van der Waals surface area contributed by atoms with Gasteiger partial charge in [-0.05, 0) is 31.5 Å². The Morgan fingerprint density at radius 1 is 1.18 bits per heavy atom. The van der Waals surface area contributed by atoms with Gasteiger partial charge >= 0.3 is 0 Å². The van der Waals surface area contributed by atoms with E-state index in [1.807, 2.05) is 18.2 Å². The van der Waals surface area contributed by atoms with Crippen LogP contribution in [0.2, 0.25) is 0 Å². The molecule has 0 aliphatic carbocycles. The maximum absolute atomic E-state index is 5.47. The Labute approximate surface area is 102 Å². The number of oxime groups is 1. The highest BCUT2D eigenvalue weighted by Crippen LogP contribution is 2.25. The number of hydrogen-bond donors (Lipinski definition) is 0. The minimum atomic E-state index is 0.580. The Hall–Kier alpha value is -1.35. The summed E-state index contributed by atoms with van der Waals surface area (Å²) in [6.45, 7) is 4.07. The normalized spacial score (nSPS) is 29.5. The van der Waals surface area contributed by atoms with E-state index in [2.05, 4.69) is 22.2 Å². The fourth-order valence-corrected chi connectivity index (χ4v) is 2.65. The zero-order chi connectivity index (χ0) is 11.5. The Kier molecular flexibility index (Phi) is 3.10. The van der Waals surface area contributed by atoms with E-state index in [1.54, 1.807) is 0 Å². The third-order valence-corrected chi connectivity index (χ3v) is 3.70. The van der Waals surface area contributed by atoms with Crippen LogP contribution in [0.15, 0.2) is 35.5 Å². The number of benzene rings is 1. The summed E-state index contributed by atoms with van der Waals surface area (Å²) in [5.74, 6) is 0.677. The van der Waals surface area contributed by atoms with E-state index in [0.717, 1.165) is 6.54 Å². The third kappa shape index (κ3) is 2.50. The van der Waals surface area contributed by atoms with Crippen molar-refractivity contribution in [2.75, 3.05) is 19.6 Å². The molecule has 4 rings (SSSR count). The lowest BCUT2D eigenvalue weighted by molar-refractivity contribution is 0.118. The number of nitrogens with zero attached hydrogens (tertiary/aromatic N) is 2. The van der Waals surface area contributed by atoms with Crippen LogP contribution in [-0.4, -0.2) is 30.2 Å². The molecule has 3 heterocycles. The summed E-state index contributed by atoms with van der Waals surface area (Å²) >= 11 is 0. The van der Waals surface area contributed by atoms with Gasteiger partial charge in [0.2, 0.25) is 0 Å². The highest BCUT2D eigenvalue weighted by molar-refractivity contribution is 5.89. The molecule has 17 heavy (non-hydrogen) atoms. The first-order valence-corrected chi connectivity index (χ1v) is 6.37.